The van der Waals surface area contributed by atoms with Gasteiger partial charge in [-0.05, 0) is 30.2 Å². The van der Waals surface area contributed by atoms with Crippen LogP contribution in [-0.4, -0.2) is 29.2 Å². The van der Waals surface area contributed by atoms with Crippen molar-refractivity contribution in [3.63, 3.8) is 0 Å². The van der Waals surface area contributed by atoms with Crippen LogP contribution in [0.3, 0.4) is 0 Å². The highest BCUT2D eigenvalue weighted by Crippen LogP contribution is 2.29. The monoisotopic (exact) mass is 342 g/mol. The fourth-order valence-corrected chi connectivity index (χ4v) is 2.98. The van der Waals surface area contributed by atoms with Crippen LogP contribution in [0.1, 0.15) is 33.2 Å². The standard InChI is InChI=1S/C18H15ClN2O3/c1-2-11-6-3-4-9-14(11)20-15(22)10-21-17(23)12-7-5-8-13(19)16(12)18(21)24/h3-9H,2,10H2,1H3,(H,20,22). The quantitative estimate of drug-likeness (QED) is 0.868. The van der Waals surface area contributed by atoms with Crippen LogP contribution in [0.15, 0.2) is 42.5 Å². The van der Waals surface area contributed by atoms with Crippen molar-refractivity contribution in [1.29, 1.82) is 0 Å². The van der Waals surface area contributed by atoms with E-state index in [1.165, 1.54) is 6.07 Å². The van der Waals surface area contributed by atoms with Crippen molar-refractivity contribution < 1.29 is 14.4 Å². The largest absolute Gasteiger partial charge is 0.324 e. The SMILES string of the molecule is CCc1ccccc1NC(=O)CN1C(=O)c2cccc(Cl)c2C1=O. The number of aryl methyl sites for hydroxylation is 1. The van der Waals surface area contributed by atoms with Gasteiger partial charge in [-0.3, -0.25) is 19.3 Å². The zero-order valence-electron chi connectivity index (χ0n) is 13.0. The minimum atomic E-state index is -0.542. The Hall–Kier alpha value is -2.66. The van der Waals surface area contributed by atoms with E-state index in [1.54, 1.807) is 18.2 Å². The molecule has 3 rings (SSSR count). The van der Waals surface area contributed by atoms with Gasteiger partial charge < -0.3 is 5.32 Å². The van der Waals surface area contributed by atoms with Gasteiger partial charge in [0.25, 0.3) is 11.8 Å². The van der Waals surface area contributed by atoms with Gasteiger partial charge >= 0.3 is 0 Å². The number of imide groups is 1. The highest BCUT2D eigenvalue weighted by molar-refractivity contribution is 6.37. The zero-order chi connectivity index (χ0) is 17.3. The van der Waals surface area contributed by atoms with Gasteiger partial charge in [-0.25, -0.2) is 0 Å². The average Bonchev–Trinajstić information content (AvgIpc) is 2.81. The van der Waals surface area contributed by atoms with Gasteiger partial charge in [0.15, 0.2) is 0 Å². The molecule has 0 bridgehead atoms. The Morgan fingerprint density at radius 3 is 2.54 bits per heavy atom. The van der Waals surface area contributed by atoms with E-state index in [1.807, 2.05) is 25.1 Å². The summed E-state index contributed by atoms with van der Waals surface area (Å²) in [4.78, 5) is 37.9. The van der Waals surface area contributed by atoms with Gasteiger partial charge in [0.1, 0.15) is 6.54 Å². The lowest BCUT2D eigenvalue weighted by molar-refractivity contribution is -0.116. The number of carbonyl (C=O) groups excluding carboxylic acids is 3. The van der Waals surface area contributed by atoms with Crippen LogP contribution >= 0.6 is 11.6 Å². The Kier molecular flexibility index (Phi) is 4.36. The average molecular weight is 343 g/mol. The molecule has 0 atom stereocenters. The summed E-state index contributed by atoms with van der Waals surface area (Å²) in [5, 5.41) is 2.97. The fourth-order valence-electron chi connectivity index (χ4n) is 2.72. The molecule has 5 nitrogen and oxygen atoms in total. The smallest absolute Gasteiger partial charge is 0.263 e. The number of benzene rings is 2. The second-order valence-electron chi connectivity index (χ2n) is 5.42. The summed E-state index contributed by atoms with van der Waals surface area (Å²) in [7, 11) is 0. The van der Waals surface area contributed by atoms with Crippen LogP contribution in [-0.2, 0) is 11.2 Å². The number of rotatable bonds is 4. The van der Waals surface area contributed by atoms with E-state index in [0.29, 0.717) is 5.69 Å². The molecule has 2 aromatic carbocycles. The number of carbonyl (C=O) groups is 3. The van der Waals surface area contributed by atoms with Crippen molar-refractivity contribution in [1.82, 2.24) is 4.90 Å². The molecular formula is C18H15ClN2O3. The van der Waals surface area contributed by atoms with E-state index in [2.05, 4.69) is 5.32 Å². The molecule has 1 aliphatic rings. The third kappa shape index (κ3) is 2.78. The van der Waals surface area contributed by atoms with Crippen LogP contribution in [0, 0.1) is 0 Å². The summed E-state index contributed by atoms with van der Waals surface area (Å²) in [5.41, 5.74) is 2.05. The summed E-state index contributed by atoms with van der Waals surface area (Å²) >= 11 is 6.00. The molecule has 1 N–H and O–H groups in total. The van der Waals surface area contributed by atoms with Crippen molar-refractivity contribution in [2.75, 3.05) is 11.9 Å². The van der Waals surface area contributed by atoms with Crippen molar-refractivity contribution in [3.8, 4) is 0 Å². The molecule has 3 amide bonds. The van der Waals surface area contributed by atoms with E-state index in [0.717, 1.165) is 16.9 Å². The first-order valence-electron chi connectivity index (χ1n) is 7.55. The third-order valence-corrected chi connectivity index (χ3v) is 4.24. The fraction of sp³-hybridized carbons (Fsp3) is 0.167. The number of nitrogens with zero attached hydrogens (tertiary/aromatic N) is 1. The number of hydrogen-bond donors (Lipinski definition) is 1. The van der Waals surface area contributed by atoms with E-state index in [9.17, 15) is 14.4 Å². The van der Waals surface area contributed by atoms with E-state index in [-0.39, 0.29) is 22.7 Å². The summed E-state index contributed by atoms with van der Waals surface area (Å²) in [6.07, 6.45) is 0.763. The van der Waals surface area contributed by atoms with Gasteiger partial charge in [0.05, 0.1) is 16.1 Å². The van der Waals surface area contributed by atoms with Crippen LogP contribution < -0.4 is 5.32 Å². The first-order chi connectivity index (χ1) is 11.5. The van der Waals surface area contributed by atoms with Gasteiger partial charge in [-0.2, -0.15) is 0 Å². The van der Waals surface area contributed by atoms with E-state index in [4.69, 9.17) is 11.6 Å². The first kappa shape index (κ1) is 16.2. The summed E-state index contributed by atoms with van der Waals surface area (Å²) in [6, 6.07) is 12.1. The molecule has 0 aromatic heterocycles. The lowest BCUT2D eigenvalue weighted by atomic mass is 10.1. The molecule has 0 spiro atoms. The molecule has 0 unspecified atom stereocenters. The Balaban J connectivity index is 1.78. The molecular weight excluding hydrogens is 328 g/mol. The Morgan fingerprint density at radius 1 is 1.08 bits per heavy atom. The molecule has 1 aliphatic heterocycles. The summed E-state index contributed by atoms with van der Waals surface area (Å²) in [5.74, 6) is -1.47. The van der Waals surface area contributed by atoms with Crippen molar-refractivity contribution in [3.05, 3.63) is 64.2 Å². The van der Waals surface area contributed by atoms with Gasteiger partial charge in [-0.1, -0.05) is 42.8 Å². The highest BCUT2D eigenvalue weighted by Gasteiger charge is 2.38. The molecule has 122 valence electrons. The zero-order valence-corrected chi connectivity index (χ0v) is 13.8. The molecule has 0 saturated heterocycles. The molecule has 0 aliphatic carbocycles. The summed E-state index contributed by atoms with van der Waals surface area (Å²) in [6.45, 7) is 1.64. The number of para-hydroxylation sites is 1. The predicted molar refractivity (Wildman–Crippen MR) is 91.3 cm³/mol. The van der Waals surface area contributed by atoms with Crippen LogP contribution in [0.5, 0.6) is 0 Å². The molecule has 24 heavy (non-hydrogen) atoms. The van der Waals surface area contributed by atoms with Gasteiger partial charge in [0.2, 0.25) is 5.91 Å². The minimum absolute atomic E-state index is 0.158. The van der Waals surface area contributed by atoms with Crippen molar-refractivity contribution >= 4 is 35.0 Å². The van der Waals surface area contributed by atoms with Crippen LogP contribution in [0.4, 0.5) is 5.69 Å². The highest BCUT2D eigenvalue weighted by atomic mass is 35.5. The Morgan fingerprint density at radius 2 is 1.83 bits per heavy atom. The number of nitrogens with one attached hydrogen (secondary N) is 1. The Labute approximate surface area is 144 Å². The molecule has 1 heterocycles. The number of anilines is 1. The molecule has 0 saturated carbocycles. The van der Waals surface area contributed by atoms with Crippen LogP contribution in [0.25, 0.3) is 0 Å². The third-order valence-electron chi connectivity index (χ3n) is 3.92. The predicted octanol–water partition coefficient (Wildman–Crippen LogP) is 3.14. The number of fused-ring (bicyclic) bond motifs is 1. The lowest BCUT2D eigenvalue weighted by Gasteiger charge is -2.15. The maximum Gasteiger partial charge on any atom is 0.263 e. The molecule has 2 aromatic rings. The normalized spacial score (nSPS) is 13.2. The van der Waals surface area contributed by atoms with Gasteiger partial charge in [-0.15, -0.1) is 0 Å². The topological polar surface area (TPSA) is 66.5 Å². The number of halogens is 1. The number of hydrogen-bond acceptors (Lipinski definition) is 3. The molecule has 0 fully saturated rings. The lowest BCUT2D eigenvalue weighted by Crippen LogP contribution is -2.37. The second-order valence-corrected chi connectivity index (χ2v) is 5.82. The molecule has 0 radical (unpaired) electrons. The first-order valence-corrected chi connectivity index (χ1v) is 7.93. The molecule has 6 heteroatoms. The second kappa shape index (κ2) is 6.45. The van der Waals surface area contributed by atoms with Crippen LogP contribution in [0.2, 0.25) is 5.02 Å². The maximum atomic E-state index is 12.4. The minimum Gasteiger partial charge on any atom is -0.324 e. The number of amides is 3. The maximum absolute atomic E-state index is 12.4. The van der Waals surface area contributed by atoms with E-state index < -0.39 is 17.7 Å². The Bertz CT molecular complexity index is 848. The van der Waals surface area contributed by atoms with Crippen molar-refractivity contribution in [2.45, 2.75) is 13.3 Å². The van der Waals surface area contributed by atoms with E-state index >= 15 is 0 Å². The van der Waals surface area contributed by atoms with Crippen molar-refractivity contribution in [2.24, 2.45) is 0 Å². The summed E-state index contributed by atoms with van der Waals surface area (Å²) < 4.78 is 0. The van der Waals surface area contributed by atoms with Gasteiger partial charge in [0, 0.05) is 5.69 Å².